The van der Waals surface area contributed by atoms with Crippen LogP contribution in [0.5, 0.6) is 11.5 Å². The number of carbonyl (C=O) groups is 1. The van der Waals surface area contributed by atoms with Crippen LogP contribution in [0.1, 0.15) is 36.5 Å². The van der Waals surface area contributed by atoms with E-state index in [0.29, 0.717) is 26.2 Å². The maximum atomic E-state index is 12.0. The summed E-state index contributed by atoms with van der Waals surface area (Å²) < 4.78 is 11.8. The van der Waals surface area contributed by atoms with Gasteiger partial charge in [-0.3, -0.25) is 4.79 Å². The van der Waals surface area contributed by atoms with Gasteiger partial charge >= 0.3 is 0 Å². The van der Waals surface area contributed by atoms with Crippen LogP contribution in [0.15, 0.2) is 72.8 Å². The van der Waals surface area contributed by atoms with Gasteiger partial charge in [-0.2, -0.15) is 0 Å². The van der Waals surface area contributed by atoms with E-state index in [1.165, 1.54) is 0 Å². The van der Waals surface area contributed by atoms with E-state index in [2.05, 4.69) is 23.5 Å². The zero-order valence-corrected chi connectivity index (χ0v) is 18.5. The molecular weight excluding hydrogens is 400 g/mol. The molecule has 1 N–H and O–H groups in total. The summed E-state index contributed by atoms with van der Waals surface area (Å²) in [5.41, 5.74) is 4.41. The Labute approximate surface area is 190 Å². The van der Waals surface area contributed by atoms with Crippen molar-refractivity contribution in [2.24, 2.45) is 0 Å². The van der Waals surface area contributed by atoms with Gasteiger partial charge in [-0.1, -0.05) is 48.5 Å². The van der Waals surface area contributed by atoms with E-state index < -0.39 is 0 Å². The predicted molar refractivity (Wildman–Crippen MR) is 127 cm³/mol. The molecule has 0 atom stereocenters. The molecule has 1 aliphatic heterocycles. The topological polar surface area (TPSA) is 50.8 Å². The standard InChI is InChI=1S/C27H30N2O3/c1-2-31-26-17-23(13-14-25(26)32-20-21-8-4-3-5-9-21)19-28-18-22-10-6-11-24(16-22)29-15-7-12-27(29)30/h3-6,8-11,13-14,16-17,28H,2,7,12,15,18-20H2,1H3. The molecule has 4 rings (SSSR count). The van der Waals surface area contributed by atoms with E-state index >= 15 is 0 Å². The first-order chi connectivity index (χ1) is 15.7. The number of ether oxygens (including phenoxy) is 2. The van der Waals surface area contributed by atoms with E-state index in [1.54, 1.807) is 0 Å². The lowest BCUT2D eigenvalue weighted by molar-refractivity contribution is -0.117. The minimum Gasteiger partial charge on any atom is -0.490 e. The number of nitrogens with one attached hydrogen (secondary N) is 1. The van der Waals surface area contributed by atoms with Crippen molar-refractivity contribution in [3.63, 3.8) is 0 Å². The number of nitrogens with zero attached hydrogens (tertiary/aromatic N) is 1. The first kappa shape index (κ1) is 21.9. The van der Waals surface area contributed by atoms with Crippen LogP contribution >= 0.6 is 0 Å². The zero-order valence-electron chi connectivity index (χ0n) is 18.5. The molecule has 1 amide bonds. The SMILES string of the molecule is CCOc1cc(CNCc2cccc(N3CCCC3=O)c2)ccc1OCc1ccccc1. The van der Waals surface area contributed by atoms with Gasteiger partial charge in [0.25, 0.3) is 0 Å². The molecule has 32 heavy (non-hydrogen) atoms. The molecule has 0 aromatic heterocycles. The Kier molecular flexibility index (Phi) is 7.41. The maximum Gasteiger partial charge on any atom is 0.227 e. The third kappa shape index (κ3) is 5.68. The molecule has 0 radical (unpaired) electrons. The fourth-order valence-electron chi connectivity index (χ4n) is 3.89. The van der Waals surface area contributed by atoms with Crippen LogP contribution < -0.4 is 19.7 Å². The maximum absolute atomic E-state index is 12.0. The molecule has 1 aliphatic rings. The molecule has 1 fully saturated rings. The molecule has 0 unspecified atom stereocenters. The average molecular weight is 431 g/mol. The fraction of sp³-hybridized carbons (Fsp3) is 0.296. The molecule has 166 valence electrons. The lowest BCUT2D eigenvalue weighted by atomic mass is 10.1. The summed E-state index contributed by atoms with van der Waals surface area (Å²) in [5, 5.41) is 3.49. The van der Waals surface area contributed by atoms with Crippen molar-refractivity contribution in [3.05, 3.63) is 89.5 Å². The highest BCUT2D eigenvalue weighted by Crippen LogP contribution is 2.29. The molecule has 0 bridgehead atoms. The van der Waals surface area contributed by atoms with Gasteiger partial charge in [0.05, 0.1) is 6.61 Å². The van der Waals surface area contributed by atoms with E-state index in [-0.39, 0.29) is 5.91 Å². The highest BCUT2D eigenvalue weighted by molar-refractivity contribution is 5.95. The highest BCUT2D eigenvalue weighted by Gasteiger charge is 2.21. The molecule has 0 spiro atoms. The van der Waals surface area contributed by atoms with Gasteiger partial charge in [0.15, 0.2) is 11.5 Å². The molecule has 0 aliphatic carbocycles. The van der Waals surface area contributed by atoms with Crippen LogP contribution in [-0.2, 0) is 24.5 Å². The van der Waals surface area contributed by atoms with Gasteiger partial charge in [-0.15, -0.1) is 0 Å². The number of hydrogen-bond acceptors (Lipinski definition) is 4. The number of rotatable bonds is 10. The fourth-order valence-corrected chi connectivity index (χ4v) is 3.89. The minimum absolute atomic E-state index is 0.216. The average Bonchev–Trinajstić information content (AvgIpc) is 3.25. The molecule has 5 heteroatoms. The molecular formula is C27H30N2O3. The molecule has 0 saturated carbocycles. The third-order valence-corrected chi connectivity index (χ3v) is 5.50. The second-order valence-corrected chi connectivity index (χ2v) is 7.91. The van der Waals surface area contributed by atoms with E-state index in [1.807, 2.05) is 66.4 Å². The van der Waals surface area contributed by atoms with Crippen LogP contribution in [0.3, 0.4) is 0 Å². The van der Waals surface area contributed by atoms with Gasteiger partial charge in [0.2, 0.25) is 5.91 Å². The normalized spacial score (nSPS) is 13.4. The van der Waals surface area contributed by atoms with Crippen molar-refractivity contribution >= 4 is 11.6 Å². The largest absolute Gasteiger partial charge is 0.490 e. The third-order valence-electron chi connectivity index (χ3n) is 5.50. The smallest absolute Gasteiger partial charge is 0.227 e. The first-order valence-electron chi connectivity index (χ1n) is 11.3. The van der Waals surface area contributed by atoms with Gasteiger partial charge in [-0.25, -0.2) is 0 Å². The molecule has 5 nitrogen and oxygen atoms in total. The second kappa shape index (κ2) is 10.8. The molecule has 3 aromatic rings. The monoisotopic (exact) mass is 430 g/mol. The minimum atomic E-state index is 0.216. The summed E-state index contributed by atoms with van der Waals surface area (Å²) in [5.74, 6) is 1.73. The van der Waals surface area contributed by atoms with Crippen molar-refractivity contribution in [3.8, 4) is 11.5 Å². The van der Waals surface area contributed by atoms with Crippen molar-refractivity contribution in [1.82, 2.24) is 5.32 Å². The van der Waals surface area contributed by atoms with Gasteiger partial charge < -0.3 is 19.7 Å². The number of hydrogen-bond donors (Lipinski definition) is 1. The summed E-state index contributed by atoms with van der Waals surface area (Å²) in [7, 11) is 0. The Morgan fingerprint density at radius 3 is 2.38 bits per heavy atom. The zero-order chi connectivity index (χ0) is 22.2. The summed E-state index contributed by atoms with van der Waals surface area (Å²) >= 11 is 0. The summed E-state index contributed by atoms with van der Waals surface area (Å²) in [4.78, 5) is 13.9. The Bertz CT molecular complexity index is 1040. The van der Waals surface area contributed by atoms with Gasteiger partial charge in [0.1, 0.15) is 6.61 Å². The van der Waals surface area contributed by atoms with Crippen molar-refractivity contribution in [1.29, 1.82) is 0 Å². The Morgan fingerprint density at radius 2 is 1.62 bits per heavy atom. The highest BCUT2D eigenvalue weighted by atomic mass is 16.5. The van der Waals surface area contributed by atoms with Gasteiger partial charge in [-0.05, 0) is 54.3 Å². The number of carbonyl (C=O) groups excluding carboxylic acids is 1. The Balaban J connectivity index is 1.35. The first-order valence-corrected chi connectivity index (χ1v) is 11.3. The van der Waals surface area contributed by atoms with E-state index in [9.17, 15) is 4.79 Å². The van der Waals surface area contributed by atoms with Crippen molar-refractivity contribution in [2.75, 3.05) is 18.1 Å². The number of anilines is 1. The number of benzene rings is 3. The lowest BCUT2D eigenvalue weighted by Crippen LogP contribution is -2.23. The molecule has 1 heterocycles. The van der Waals surface area contributed by atoms with Crippen LogP contribution in [0.4, 0.5) is 5.69 Å². The van der Waals surface area contributed by atoms with Crippen LogP contribution in [0.25, 0.3) is 0 Å². The molecule has 3 aromatic carbocycles. The van der Waals surface area contributed by atoms with E-state index in [0.717, 1.165) is 53.4 Å². The van der Waals surface area contributed by atoms with Crippen LogP contribution in [0.2, 0.25) is 0 Å². The summed E-state index contributed by atoms with van der Waals surface area (Å²) in [6.45, 7) is 5.32. The lowest BCUT2D eigenvalue weighted by Gasteiger charge is -2.17. The second-order valence-electron chi connectivity index (χ2n) is 7.91. The molecule has 1 saturated heterocycles. The quantitative estimate of drug-likeness (QED) is 0.487. The van der Waals surface area contributed by atoms with Gasteiger partial charge in [0, 0.05) is 31.7 Å². The Morgan fingerprint density at radius 1 is 0.844 bits per heavy atom. The van der Waals surface area contributed by atoms with Crippen molar-refractivity contribution in [2.45, 2.75) is 39.5 Å². The summed E-state index contributed by atoms with van der Waals surface area (Å²) in [6.07, 6.45) is 1.59. The van der Waals surface area contributed by atoms with Crippen LogP contribution in [0, 0.1) is 0 Å². The van der Waals surface area contributed by atoms with E-state index in [4.69, 9.17) is 9.47 Å². The number of amides is 1. The van der Waals surface area contributed by atoms with Crippen LogP contribution in [-0.4, -0.2) is 19.1 Å². The van der Waals surface area contributed by atoms with Crippen molar-refractivity contribution < 1.29 is 14.3 Å². The Hall–Kier alpha value is -3.31. The predicted octanol–water partition coefficient (Wildman–Crippen LogP) is 5.08. The summed E-state index contributed by atoms with van der Waals surface area (Å²) in [6, 6.07) is 24.4.